The molecule has 2 aromatic carbocycles. The van der Waals surface area contributed by atoms with Crippen molar-refractivity contribution in [3.05, 3.63) is 71.3 Å². The van der Waals surface area contributed by atoms with Crippen molar-refractivity contribution in [3.8, 4) is 12.3 Å². The van der Waals surface area contributed by atoms with Gasteiger partial charge >= 0.3 is 0 Å². The molecule has 0 radical (unpaired) electrons. The van der Waals surface area contributed by atoms with Crippen molar-refractivity contribution < 1.29 is 0 Å². The third kappa shape index (κ3) is 1.92. The highest BCUT2D eigenvalue weighted by molar-refractivity contribution is 5.38. The maximum Gasteiger partial charge on any atom is 0.0977 e. The van der Waals surface area contributed by atoms with Crippen molar-refractivity contribution in [2.45, 2.75) is 19.1 Å². The van der Waals surface area contributed by atoms with Gasteiger partial charge in [0, 0.05) is 13.1 Å². The average molecular weight is 233 g/mol. The monoisotopic (exact) mass is 233 g/mol. The van der Waals surface area contributed by atoms with E-state index in [4.69, 9.17) is 6.42 Å². The fourth-order valence-corrected chi connectivity index (χ4v) is 2.61. The van der Waals surface area contributed by atoms with Crippen LogP contribution in [-0.4, -0.2) is 4.90 Å². The van der Waals surface area contributed by atoms with Crippen LogP contribution < -0.4 is 0 Å². The van der Waals surface area contributed by atoms with E-state index in [1.165, 1.54) is 16.7 Å². The Kier molecular flexibility index (Phi) is 2.88. The molecular formula is C17H15N. The Morgan fingerprint density at radius 2 is 1.78 bits per heavy atom. The normalized spacial score (nSPS) is 18.3. The third-order valence-corrected chi connectivity index (χ3v) is 3.47. The van der Waals surface area contributed by atoms with Crippen molar-refractivity contribution in [3.63, 3.8) is 0 Å². The van der Waals surface area contributed by atoms with Gasteiger partial charge in [0.15, 0.2) is 0 Å². The standard InChI is InChI=1S/C17H15N/c1-2-17-16-11-7-6-10-15(16)13-18(17)12-14-8-4-3-5-9-14/h1,3-11,17H,12-13H2. The van der Waals surface area contributed by atoms with Crippen LogP contribution in [0.5, 0.6) is 0 Å². The number of hydrogen-bond acceptors (Lipinski definition) is 1. The number of rotatable bonds is 2. The van der Waals surface area contributed by atoms with Gasteiger partial charge < -0.3 is 0 Å². The fourth-order valence-electron chi connectivity index (χ4n) is 2.61. The minimum absolute atomic E-state index is 0.112. The summed E-state index contributed by atoms with van der Waals surface area (Å²) >= 11 is 0. The van der Waals surface area contributed by atoms with Crippen LogP contribution in [-0.2, 0) is 13.1 Å². The van der Waals surface area contributed by atoms with Crippen LogP contribution in [0.25, 0.3) is 0 Å². The van der Waals surface area contributed by atoms with Gasteiger partial charge in [0.2, 0.25) is 0 Å². The molecule has 0 fully saturated rings. The highest BCUT2D eigenvalue weighted by Gasteiger charge is 2.27. The molecule has 0 saturated heterocycles. The summed E-state index contributed by atoms with van der Waals surface area (Å²) in [5.74, 6) is 2.92. The summed E-state index contributed by atoms with van der Waals surface area (Å²) in [6.45, 7) is 1.85. The molecule has 1 heteroatoms. The Morgan fingerprint density at radius 3 is 2.56 bits per heavy atom. The van der Waals surface area contributed by atoms with Crippen molar-refractivity contribution in [1.29, 1.82) is 0 Å². The Morgan fingerprint density at radius 1 is 1.06 bits per heavy atom. The van der Waals surface area contributed by atoms with E-state index in [1.807, 2.05) is 6.07 Å². The lowest BCUT2D eigenvalue weighted by molar-refractivity contribution is 0.247. The molecule has 1 unspecified atom stereocenters. The van der Waals surface area contributed by atoms with Crippen LogP contribution in [0.4, 0.5) is 0 Å². The van der Waals surface area contributed by atoms with E-state index in [1.54, 1.807) is 0 Å². The second-order valence-electron chi connectivity index (χ2n) is 4.66. The molecule has 0 aromatic heterocycles. The second kappa shape index (κ2) is 4.68. The van der Waals surface area contributed by atoms with Crippen molar-refractivity contribution in [2.75, 3.05) is 0 Å². The molecule has 0 spiro atoms. The molecule has 1 aliphatic rings. The zero-order chi connectivity index (χ0) is 12.4. The van der Waals surface area contributed by atoms with E-state index in [-0.39, 0.29) is 6.04 Å². The summed E-state index contributed by atoms with van der Waals surface area (Å²) in [4.78, 5) is 2.35. The van der Waals surface area contributed by atoms with E-state index in [0.717, 1.165) is 13.1 Å². The first kappa shape index (κ1) is 11.1. The summed E-state index contributed by atoms with van der Waals surface area (Å²) in [6, 6.07) is 19.1. The fraction of sp³-hybridized carbons (Fsp3) is 0.176. The minimum Gasteiger partial charge on any atom is -0.277 e. The first-order valence-corrected chi connectivity index (χ1v) is 6.20. The highest BCUT2D eigenvalue weighted by Crippen LogP contribution is 2.33. The molecule has 0 saturated carbocycles. The molecule has 1 nitrogen and oxygen atoms in total. The maximum absolute atomic E-state index is 5.70. The van der Waals surface area contributed by atoms with Crippen LogP contribution in [0, 0.1) is 12.3 Å². The van der Waals surface area contributed by atoms with Crippen LogP contribution in [0.1, 0.15) is 22.7 Å². The number of nitrogens with zero attached hydrogens (tertiary/aromatic N) is 1. The maximum atomic E-state index is 5.70. The average Bonchev–Trinajstić information content (AvgIpc) is 2.77. The highest BCUT2D eigenvalue weighted by atomic mass is 15.2. The molecule has 88 valence electrons. The van der Waals surface area contributed by atoms with Gasteiger partial charge in [-0.15, -0.1) is 6.42 Å². The summed E-state index contributed by atoms with van der Waals surface area (Å²) in [6.07, 6.45) is 5.70. The van der Waals surface area contributed by atoms with Gasteiger partial charge in [-0.2, -0.15) is 0 Å². The molecule has 0 amide bonds. The smallest absolute Gasteiger partial charge is 0.0977 e. The number of terminal acetylenes is 1. The Bertz CT molecular complexity index is 580. The first-order valence-electron chi connectivity index (χ1n) is 6.20. The predicted octanol–water partition coefficient (Wildman–Crippen LogP) is 3.38. The number of benzene rings is 2. The molecule has 0 aliphatic carbocycles. The molecule has 0 bridgehead atoms. The quantitative estimate of drug-likeness (QED) is 0.719. The van der Waals surface area contributed by atoms with Gasteiger partial charge in [-0.3, -0.25) is 4.90 Å². The second-order valence-corrected chi connectivity index (χ2v) is 4.66. The van der Waals surface area contributed by atoms with Gasteiger partial charge in [-0.1, -0.05) is 60.5 Å². The zero-order valence-electron chi connectivity index (χ0n) is 10.2. The molecule has 1 aliphatic heterocycles. The van der Waals surface area contributed by atoms with Crippen LogP contribution in [0.3, 0.4) is 0 Å². The largest absolute Gasteiger partial charge is 0.277 e. The summed E-state index contributed by atoms with van der Waals surface area (Å²) < 4.78 is 0. The van der Waals surface area contributed by atoms with Crippen molar-refractivity contribution in [2.24, 2.45) is 0 Å². The lowest BCUT2D eigenvalue weighted by atomic mass is 10.1. The Hall–Kier alpha value is -2.04. The molecule has 18 heavy (non-hydrogen) atoms. The number of hydrogen-bond donors (Lipinski definition) is 0. The lowest BCUT2D eigenvalue weighted by Crippen LogP contribution is -2.20. The minimum atomic E-state index is 0.112. The molecular weight excluding hydrogens is 218 g/mol. The van der Waals surface area contributed by atoms with E-state index in [9.17, 15) is 0 Å². The van der Waals surface area contributed by atoms with Gasteiger partial charge in [-0.05, 0) is 16.7 Å². The molecule has 1 heterocycles. The van der Waals surface area contributed by atoms with Crippen molar-refractivity contribution in [1.82, 2.24) is 4.90 Å². The molecule has 2 aromatic rings. The summed E-state index contributed by atoms with van der Waals surface area (Å²) in [5, 5.41) is 0. The Labute approximate surface area is 108 Å². The van der Waals surface area contributed by atoms with Crippen LogP contribution in [0.2, 0.25) is 0 Å². The summed E-state index contributed by atoms with van der Waals surface area (Å²) in [5.41, 5.74) is 3.96. The first-order chi connectivity index (χ1) is 8.88. The van der Waals surface area contributed by atoms with Gasteiger partial charge in [0.25, 0.3) is 0 Å². The van der Waals surface area contributed by atoms with Gasteiger partial charge in [0.1, 0.15) is 0 Å². The predicted molar refractivity (Wildman–Crippen MR) is 73.7 cm³/mol. The van der Waals surface area contributed by atoms with Gasteiger partial charge in [-0.25, -0.2) is 0 Å². The van der Waals surface area contributed by atoms with E-state index in [0.29, 0.717) is 0 Å². The molecule has 3 rings (SSSR count). The SMILES string of the molecule is C#CC1c2ccccc2CN1Cc1ccccc1. The Balaban J connectivity index is 1.86. The van der Waals surface area contributed by atoms with E-state index in [2.05, 4.69) is 59.4 Å². The molecule has 1 atom stereocenters. The number of fused-ring (bicyclic) bond motifs is 1. The van der Waals surface area contributed by atoms with Crippen LogP contribution in [0.15, 0.2) is 54.6 Å². The zero-order valence-corrected chi connectivity index (χ0v) is 10.2. The van der Waals surface area contributed by atoms with Crippen molar-refractivity contribution >= 4 is 0 Å². The third-order valence-electron chi connectivity index (χ3n) is 3.47. The lowest BCUT2D eigenvalue weighted by Gasteiger charge is -2.20. The van der Waals surface area contributed by atoms with E-state index < -0.39 is 0 Å². The summed E-state index contributed by atoms with van der Waals surface area (Å²) in [7, 11) is 0. The topological polar surface area (TPSA) is 3.24 Å². The van der Waals surface area contributed by atoms with E-state index >= 15 is 0 Å². The van der Waals surface area contributed by atoms with Crippen LogP contribution >= 0.6 is 0 Å². The van der Waals surface area contributed by atoms with Gasteiger partial charge in [0.05, 0.1) is 6.04 Å². The molecule has 0 N–H and O–H groups in total.